The molecule has 0 radical (unpaired) electrons. The summed E-state index contributed by atoms with van der Waals surface area (Å²) in [7, 11) is -9.89. The van der Waals surface area contributed by atoms with Crippen LogP contribution in [0.1, 0.15) is 369 Å². The van der Waals surface area contributed by atoms with Crippen LogP contribution in [0.2, 0.25) is 0 Å². The summed E-state index contributed by atoms with van der Waals surface area (Å²) in [6.45, 7) is 7.15. The molecular weight excluding hydrogens is 1190 g/mol. The molecule has 3 N–H and O–H groups in total. The number of hydrogen-bond donors (Lipinski definition) is 3. The number of aliphatic hydroxyl groups excluding tert-OH is 1. The molecule has 17 nitrogen and oxygen atoms in total. The van der Waals surface area contributed by atoms with Crippen molar-refractivity contribution >= 4 is 39.5 Å². The van der Waals surface area contributed by atoms with E-state index in [9.17, 15) is 43.2 Å². The Balaban J connectivity index is 5.14. The molecule has 0 amide bonds. The normalized spacial score (nSPS) is 14.1. The first kappa shape index (κ1) is 88.1. The summed E-state index contributed by atoms with van der Waals surface area (Å²) in [5.41, 5.74) is 0. The zero-order valence-electron chi connectivity index (χ0n) is 58.3. The quantitative estimate of drug-likeness (QED) is 0.0222. The Morgan fingerprint density at radius 3 is 0.756 bits per heavy atom. The number of hydrogen-bond acceptors (Lipinski definition) is 15. The standard InChI is InChI=1S/C71H138O17P2/c1-6-9-12-15-18-21-23-24-25-26-27-28-29-30-31-32-34-36-41-46-51-56-70(75)87-66(61-82-69(74)55-50-45-40-35-33-22-19-16-13-10-7-2)62-85-89(77,78)83-58-65(72)59-84-90(79,80)86-63-67(60-81-68(73)54-49-44-39-20-17-14-11-8-3)88-71(76)57-52-47-42-37-38-43-48-53-64(4)5/h64-67,72H,6-63H2,1-5H3,(H,77,78)(H,79,80)/t65-,66-,67-/m1/s1. The van der Waals surface area contributed by atoms with Crippen molar-refractivity contribution in [2.45, 2.75) is 387 Å². The predicted molar refractivity (Wildman–Crippen MR) is 363 cm³/mol. The van der Waals surface area contributed by atoms with Crippen molar-refractivity contribution in [3.05, 3.63) is 0 Å². The maximum atomic E-state index is 13.0. The molecule has 19 heteroatoms. The van der Waals surface area contributed by atoms with Gasteiger partial charge in [-0.15, -0.1) is 0 Å². The molecule has 0 aliphatic rings. The van der Waals surface area contributed by atoms with Gasteiger partial charge in [0.1, 0.15) is 19.3 Å². The molecule has 0 aliphatic heterocycles. The fraction of sp³-hybridized carbons (Fsp3) is 0.944. The Labute approximate surface area is 549 Å². The van der Waals surface area contributed by atoms with Gasteiger partial charge in [0.05, 0.1) is 26.4 Å². The highest BCUT2D eigenvalue weighted by Gasteiger charge is 2.30. The minimum atomic E-state index is -4.95. The highest BCUT2D eigenvalue weighted by molar-refractivity contribution is 7.47. The van der Waals surface area contributed by atoms with Gasteiger partial charge in [-0.05, 0) is 31.6 Å². The number of rotatable bonds is 71. The van der Waals surface area contributed by atoms with E-state index in [0.717, 1.165) is 96.3 Å². The second kappa shape index (κ2) is 64.4. The lowest BCUT2D eigenvalue weighted by Gasteiger charge is -2.21. The fourth-order valence-electron chi connectivity index (χ4n) is 10.8. The maximum Gasteiger partial charge on any atom is 0.472 e. The predicted octanol–water partition coefficient (Wildman–Crippen LogP) is 20.5. The van der Waals surface area contributed by atoms with E-state index >= 15 is 0 Å². The van der Waals surface area contributed by atoms with Gasteiger partial charge in [-0.25, -0.2) is 9.13 Å². The number of unbranched alkanes of at least 4 members (excludes halogenated alkanes) is 43. The topological polar surface area (TPSA) is 237 Å². The zero-order valence-corrected chi connectivity index (χ0v) is 60.1. The summed E-state index contributed by atoms with van der Waals surface area (Å²) in [6, 6.07) is 0. The molecule has 0 saturated heterocycles. The van der Waals surface area contributed by atoms with E-state index in [1.165, 1.54) is 186 Å². The second-order valence-electron chi connectivity index (χ2n) is 26.1. The van der Waals surface area contributed by atoms with Gasteiger partial charge in [-0.2, -0.15) is 0 Å². The third-order valence-electron chi connectivity index (χ3n) is 16.5. The van der Waals surface area contributed by atoms with Crippen molar-refractivity contribution in [1.82, 2.24) is 0 Å². The third-order valence-corrected chi connectivity index (χ3v) is 18.4. The summed E-state index contributed by atoms with van der Waals surface area (Å²) in [5, 5.41) is 10.6. The van der Waals surface area contributed by atoms with Gasteiger partial charge < -0.3 is 33.8 Å². The van der Waals surface area contributed by atoms with Crippen LogP contribution in [0.25, 0.3) is 0 Å². The van der Waals surface area contributed by atoms with E-state index in [1.54, 1.807) is 0 Å². The van der Waals surface area contributed by atoms with Gasteiger partial charge in [-0.3, -0.25) is 37.3 Å². The lowest BCUT2D eigenvalue weighted by molar-refractivity contribution is -0.161. The summed E-state index contributed by atoms with van der Waals surface area (Å²) in [5.74, 6) is -1.43. The van der Waals surface area contributed by atoms with Crippen molar-refractivity contribution in [3.63, 3.8) is 0 Å². The number of carbonyl (C=O) groups is 4. The van der Waals surface area contributed by atoms with Crippen molar-refractivity contribution in [1.29, 1.82) is 0 Å². The average molecular weight is 1330 g/mol. The maximum absolute atomic E-state index is 13.0. The number of phosphoric ester groups is 2. The van der Waals surface area contributed by atoms with Crippen LogP contribution in [0.5, 0.6) is 0 Å². The summed E-state index contributed by atoms with van der Waals surface area (Å²) >= 11 is 0. The Kier molecular flexibility index (Phi) is 63.0. The van der Waals surface area contributed by atoms with E-state index in [0.29, 0.717) is 31.6 Å². The lowest BCUT2D eigenvalue weighted by atomic mass is 10.0. The smallest absolute Gasteiger partial charge is 0.462 e. The number of ether oxygens (including phenoxy) is 4. The lowest BCUT2D eigenvalue weighted by Crippen LogP contribution is -2.30. The monoisotopic (exact) mass is 1320 g/mol. The summed E-state index contributed by atoms with van der Waals surface area (Å²) < 4.78 is 68.2. The third kappa shape index (κ3) is 64.8. The van der Waals surface area contributed by atoms with E-state index in [1.807, 2.05) is 0 Å². The Morgan fingerprint density at radius 2 is 0.511 bits per heavy atom. The van der Waals surface area contributed by atoms with Crippen LogP contribution in [-0.2, 0) is 65.4 Å². The summed E-state index contributed by atoms with van der Waals surface area (Å²) in [6.07, 6.45) is 51.6. The van der Waals surface area contributed by atoms with Crippen molar-refractivity contribution in [2.24, 2.45) is 5.92 Å². The van der Waals surface area contributed by atoms with Gasteiger partial charge in [0.2, 0.25) is 0 Å². The largest absolute Gasteiger partial charge is 0.472 e. The number of phosphoric acid groups is 2. The molecule has 0 bridgehead atoms. The van der Waals surface area contributed by atoms with Crippen LogP contribution in [0.3, 0.4) is 0 Å². The molecule has 0 aromatic heterocycles. The average Bonchev–Trinajstić information content (AvgIpc) is 3.72. The van der Waals surface area contributed by atoms with Crippen LogP contribution in [-0.4, -0.2) is 96.7 Å². The molecule has 90 heavy (non-hydrogen) atoms. The molecule has 2 unspecified atom stereocenters. The fourth-order valence-corrected chi connectivity index (χ4v) is 12.4. The van der Waals surface area contributed by atoms with Crippen molar-refractivity contribution in [3.8, 4) is 0 Å². The number of aliphatic hydroxyl groups is 1. The van der Waals surface area contributed by atoms with Crippen LogP contribution in [0.4, 0.5) is 0 Å². The minimum Gasteiger partial charge on any atom is -0.462 e. The Morgan fingerprint density at radius 1 is 0.300 bits per heavy atom. The van der Waals surface area contributed by atoms with Crippen LogP contribution >= 0.6 is 15.6 Å². The second-order valence-corrected chi connectivity index (χ2v) is 29.0. The summed E-state index contributed by atoms with van der Waals surface area (Å²) in [4.78, 5) is 72.4. The molecule has 0 rings (SSSR count). The zero-order chi connectivity index (χ0) is 66.3. The molecule has 0 heterocycles. The van der Waals surface area contributed by atoms with Gasteiger partial charge >= 0.3 is 39.5 Å². The van der Waals surface area contributed by atoms with Gasteiger partial charge in [0, 0.05) is 25.7 Å². The van der Waals surface area contributed by atoms with Gasteiger partial charge in [0.15, 0.2) is 12.2 Å². The molecule has 0 saturated carbocycles. The van der Waals surface area contributed by atoms with E-state index in [2.05, 4.69) is 34.6 Å². The minimum absolute atomic E-state index is 0.104. The first-order valence-corrected chi connectivity index (χ1v) is 40.1. The van der Waals surface area contributed by atoms with Gasteiger partial charge in [-0.1, -0.05) is 317 Å². The molecular formula is C71H138O17P2. The molecule has 0 aliphatic carbocycles. The van der Waals surface area contributed by atoms with E-state index in [4.69, 9.17) is 37.0 Å². The first-order valence-electron chi connectivity index (χ1n) is 37.1. The number of esters is 4. The van der Waals surface area contributed by atoms with Crippen LogP contribution in [0, 0.1) is 5.92 Å². The molecule has 5 atom stereocenters. The Bertz CT molecular complexity index is 1740. The molecule has 0 spiro atoms. The molecule has 0 aromatic rings. The SMILES string of the molecule is CCCCCCCCCCCCCCCCCCCCCCCC(=O)O[C@H](COC(=O)CCCCCCCCCCCCC)COP(=O)(O)OC[C@@H](O)COP(=O)(O)OC[C@@H](COC(=O)CCCCCCCCCC)OC(=O)CCCCCCCCCC(C)C. The number of carbonyl (C=O) groups excluding carboxylic acids is 4. The Hall–Kier alpha value is -1.94. The van der Waals surface area contributed by atoms with Crippen LogP contribution in [0.15, 0.2) is 0 Å². The van der Waals surface area contributed by atoms with Gasteiger partial charge in [0.25, 0.3) is 0 Å². The van der Waals surface area contributed by atoms with E-state index < -0.39 is 97.5 Å². The molecule has 534 valence electrons. The highest BCUT2D eigenvalue weighted by atomic mass is 31.2. The van der Waals surface area contributed by atoms with Crippen LogP contribution < -0.4 is 0 Å². The van der Waals surface area contributed by atoms with E-state index in [-0.39, 0.29) is 25.7 Å². The highest BCUT2D eigenvalue weighted by Crippen LogP contribution is 2.45. The van der Waals surface area contributed by atoms with Crippen molar-refractivity contribution < 1.29 is 80.2 Å². The first-order chi connectivity index (χ1) is 43.5. The molecule has 0 fully saturated rings. The van der Waals surface area contributed by atoms with Crippen molar-refractivity contribution in [2.75, 3.05) is 39.6 Å². The molecule has 0 aromatic carbocycles.